The molecule has 1 aromatic carbocycles. The number of nitrogens with zero attached hydrogens (tertiary/aromatic N) is 1. The van der Waals surface area contributed by atoms with Crippen molar-refractivity contribution in [1.82, 2.24) is 10.2 Å². The molecular weight excluding hydrogens is 220 g/mol. The van der Waals surface area contributed by atoms with Gasteiger partial charge in [0.15, 0.2) is 0 Å². The highest BCUT2D eigenvalue weighted by Crippen LogP contribution is 2.19. The highest BCUT2D eigenvalue weighted by molar-refractivity contribution is 7.74. The molecule has 0 atom stereocenters. The molecule has 0 unspecified atom stereocenters. The molecule has 0 aliphatic rings. The first-order valence-corrected chi connectivity index (χ1v) is 5.80. The maximum absolute atomic E-state index is 6.69. The SMILES string of the molecule is CC.CC(C)c1ccc2[nH]ncc2c1.OS. The van der Waals surface area contributed by atoms with Crippen LogP contribution in [-0.4, -0.2) is 14.8 Å². The fourth-order valence-electron chi connectivity index (χ4n) is 1.32. The van der Waals surface area contributed by atoms with Crippen molar-refractivity contribution in [3.05, 3.63) is 30.0 Å². The minimum atomic E-state index is 0.587. The van der Waals surface area contributed by atoms with E-state index in [2.05, 4.69) is 55.2 Å². The molecule has 90 valence electrons. The third kappa shape index (κ3) is 3.87. The summed E-state index contributed by atoms with van der Waals surface area (Å²) in [6, 6.07) is 6.41. The smallest absolute Gasteiger partial charge is 0.0650 e. The Morgan fingerprint density at radius 1 is 1.25 bits per heavy atom. The minimum absolute atomic E-state index is 0.587. The van der Waals surface area contributed by atoms with Gasteiger partial charge in [0, 0.05) is 5.39 Å². The van der Waals surface area contributed by atoms with Crippen LogP contribution < -0.4 is 0 Å². The molecule has 0 amide bonds. The lowest BCUT2D eigenvalue weighted by atomic mass is 10.0. The Morgan fingerprint density at radius 3 is 2.44 bits per heavy atom. The van der Waals surface area contributed by atoms with Gasteiger partial charge < -0.3 is 4.55 Å². The summed E-state index contributed by atoms with van der Waals surface area (Å²) < 4.78 is 6.69. The first-order chi connectivity index (χ1) is 7.77. The lowest BCUT2D eigenvalue weighted by Crippen LogP contribution is -1.85. The topological polar surface area (TPSA) is 48.9 Å². The van der Waals surface area contributed by atoms with Crippen molar-refractivity contribution in [2.24, 2.45) is 0 Å². The maximum atomic E-state index is 6.69. The van der Waals surface area contributed by atoms with Crippen LogP contribution in [0.4, 0.5) is 0 Å². The van der Waals surface area contributed by atoms with Crippen LogP contribution >= 0.6 is 12.9 Å². The summed E-state index contributed by atoms with van der Waals surface area (Å²) in [5, 5.41) is 8.11. The third-order valence-electron chi connectivity index (χ3n) is 2.13. The summed E-state index contributed by atoms with van der Waals surface area (Å²) >= 11 is 2.53. The number of hydrogen-bond donors (Lipinski definition) is 3. The van der Waals surface area contributed by atoms with Gasteiger partial charge in [-0.15, -0.1) is 0 Å². The molecule has 1 aromatic heterocycles. The highest BCUT2D eigenvalue weighted by Gasteiger charge is 2.00. The second kappa shape index (κ2) is 8.19. The molecule has 0 saturated heterocycles. The van der Waals surface area contributed by atoms with Gasteiger partial charge >= 0.3 is 0 Å². The third-order valence-corrected chi connectivity index (χ3v) is 2.13. The number of H-pyrrole nitrogens is 1. The molecule has 2 aromatic rings. The van der Waals surface area contributed by atoms with Crippen LogP contribution in [-0.2, 0) is 0 Å². The Labute approximate surface area is 103 Å². The largest absolute Gasteiger partial charge is 0.333 e. The summed E-state index contributed by atoms with van der Waals surface area (Å²) in [6.07, 6.45) is 1.86. The van der Waals surface area contributed by atoms with E-state index in [0.29, 0.717) is 5.92 Å². The van der Waals surface area contributed by atoms with Crippen molar-refractivity contribution in [2.75, 3.05) is 0 Å². The van der Waals surface area contributed by atoms with Crippen LogP contribution in [0.3, 0.4) is 0 Å². The zero-order chi connectivity index (χ0) is 12.6. The number of thiol groups is 1. The van der Waals surface area contributed by atoms with Crippen molar-refractivity contribution in [2.45, 2.75) is 33.6 Å². The molecule has 0 aliphatic carbocycles. The number of aromatic nitrogens is 2. The Hall–Kier alpha value is -1.000. The number of benzene rings is 1. The van der Waals surface area contributed by atoms with Crippen LogP contribution in [0.5, 0.6) is 0 Å². The van der Waals surface area contributed by atoms with Crippen molar-refractivity contribution in [3.63, 3.8) is 0 Å². The van der Waals surface area contributed by atoms with E-state index in [9.17, 15) is 0 Å². The van der Waals surface area contributed by atoms with Crippen LogP contribution in [0.2, 0.25) is 0 Å². The van der Waals surface area contributed by atoms with Crippen LogP contribution in [0.25, 0.3) is 10.9 Å². The first kappa shape index (κ1) is 15.0. The summed E-state index contributed by atoms with van der Waals surface area (Å²) in [4.78, 5) is 0. The molecule has 0 radical (unpaired) electrons. The van der Waals surface area contributed by atoms with E-state index in [4.69, 9.17) is 4.55 Å². The van der Waals surface area contributed by atoms with E-state index in [1.54, 1.807) is 0 Å². The van der Waals surface area contributed by atoms with E-state index in [1.807, 2.05) is 20.0 Å². The van der Waals surface area contributed by atoms with Crippen LogP contribution in [0, 0.1) is 0 Å². The van der Waals surface area contributed by atoms with Gasteiger partial charge in [-0.3, -0.25) is 5.10 Å². The zero-order valence-electron chi connectivity index (χ0n) is 10.2. The fraction of sp³-hybridized carbons (Fsp3) is 0.417. The standard InChI is InChI=1S/C10H12N2.C2H6.H2OS/c1-7(2)8-3-4-10-9(5-8)6-11-12-10;2*1-2/h3-7H,1-2H3,(H,11,12);1-2H3;1-2H. The first-order valence-electron chi connectivity index (χ1n) is 5.40. The van der Waals surface area contributed by atoms with Gasteiger partial charge in [-0.1, -0.05) is 33.8 Å². The summed E-state index contributed by atoms with van der Waals surface area (Å²) in [5.74, 6) is 0.587. The molecule has 16 heavy (non-hydrogen) atoms. The molecule has 2 N–H and O–H groups in total. The van der Waals surface area contributed by atoms with Gasteiger partial charge in [0.05, 0.1) is 11.7 Å². The average Bonchev–Trinajstić information content (AvgIpc) is 2.81. The van der Waals surface area contributed by atoms with Gasteiger partial charge in [-0.25, -0.2) is 0 Å². The Morgan fingerprint density at radius 2 is 1.88 bits per heavy atom. The van der Waals surface area contributed by atoms with E-state index < -0.39 is 0 Å². The molecule has 0 aliphatic heterocycles. The summed E-state index contributed by atoms with van der Waals surface area (Å²) in [6.45, 7) is 8.39. The molecule has 0 saturated carbocycles. The molecule has 0 fully saturated rings. The molecule has 4 heteroatoms. The van der Waals surface area contributed by atoms with Crippen molar-refractivity contribution in [3.8, 4) is 0 Å². The quantitative estimate of drug-likeness (QED) is 0.519. The fourth-order valence-corrected chi connectivity index (χ4v) is 1.32. The maximum Gasteiger partial charge on any atom is 0.0650 e. The van der Waals surface area contributed by atoms with E-state index in [1.165, 1.54) is 10.9 Å². The Balaban J connectivity index is 0.000000509. The molecule has 0 bridgehead atoms. The summed E-state index contributed by atoms with van der Waals surface area (Å²) in [7, 11) is 0. The van der Waals surface area contributed by atoms with E-state index in [-0.39, 0.29) is 0 Å². The minimum Gasteiger partial charge on any atom is -0.333 e. The van der Waals surface area contributed by atoms with Gasteiger partial charge in [-0.2, -0.15) is 5.10 Å². The highest BCUT2D eigenvalue weighted by atomic mass is 32.1. The number of nitrogens with one attached hydrogen (secondary N) is 1. The lowest BCUT2D eigenvalue weighted by Gasteiger charge is -2.03. The van der Waals surface area contributed by atoms with Gasteiger partial charge in [0.1, 0.15) is 0 Å². The number of aromatic amines is 1. The second-order valence-electron chi connectivity index (χ2n) is 3.37. The molecule has 0 spiro atoms. The predicted octanol–water partition coefficient (Wildman–Crippen LogP) is 4.10. The monoisotopic (exact) mass is 240 g/mol. The van der Waals surface area contributed by atoms with Crippen molar-refractivity contribution in [1.29, 1.82) is 0 Å². The van der Waals surface area contributed by atoms with E-state index in [0.717, 1.165) is 5.52 Å². The molecule has 1 heterocycles. The zero-order valence-corrected chi connectivity index (χ0v) is 11.1. The van der Waals surface area contributed by atoms with Gasteiger partial charge in [0.2, 0.25) is 0 Å². The number of rotatable bonds is 1. The summed E-state index contributed by atoms with van der Waals surface area (Å²) in [5.41, 5.74) is 2.48. The lowest BCUT2D eigenvalue weighted by molar-refractivity contribution is 0.679. The normalized spacial score (nSPS) is 9.19. The average molecular weight is 240 g/mol. The van der Waals surface area contributed by atoms with Crippen LogP contribution in [0.1, 0.15) is 39.2 Å². The number of fused-ring (bicyclic) bond motifs is 1. The van der Waals surface area contributed by atoms with Gasteiger partial charge in [-0.05, 0) is 36.5 Å². The predicted molar refractivity (Wildman–Crippen MR) is 73.1 cm³/mol. The number of hydrogen-bond acceptors (Lipinski definition) is 3. The van der Waals surface area contributed by atoms with Crippen molar-refractivity contribution >= 4 is 23.8 Å². The second-order valence-corrected chi connectivity index (χ2v) is 3.37. The molecule has 2 rings (SSSR count). The Bertz CT molecular complexity index is 399. The van der Waals surface area contributed by atoms with Crippen LogP contribution in [0.15, 0.2) is 24.4 Å². The van der Waals surface area contributed by atoms with Crippen molar-refractivity contribution < 1.29 is 4.55 Å². The molecular formula is C12H20N2OS. The van der Waals surface area contributed by atoms with E-state index >= 15 is 0 Å². The van der Waals surface area contributed by atoms with Gasteiger partial charge in [0.25, 0.3) is 0 Å². The molecule has 3 nitrogen and oxygen atoms in total. The Kier molecular flexibility index (Phi) is 7.68.